The second-order valence-electron chi connectivity index (χ2n) is 7.76. The molecule has 1 fully saturated rings. The number of nitrogens with zero attached hydrogens (tertiary/aromatic N) is 4. The van der Waals surface area contributed by atoms with E-state index in [1.807, 2.05) is 16.7 Å². The molecule has 5 rings (SSSR count). The first-order valence-corrected chi connectivity index (χ1v) is 10.3. The van der Waals surface area contributed by atoms with Crippen LogP contribution in [-0.2, 0) is 17.5 Å². The normalized spacial score (nSPS) is 14.9. The highest BCUT2D eigenvalue weighted by Crippen LogP contribution is 2.35. The Morgan fingerprint density at radius 1 is 1.09 bits per heavy atom. The Balaban J connectivity index is 1.61. The highest BCUT2D eigenvalue weighted by Gasteiger charge is 2.32. The molecule has 0 saturated carbocycles. The number of halogens is 3. The molecule has 0 radical (unpaired) electrons. The molecule has 1 aliphatic heterocycles. The Labute approximate surface area is 182 Å². The number of benzene rings is 2. The minimum atomic E-state index is -4.39. The van der Waals surface area contributed by atoms with Gasteiger partial charge in [0.2, 0.25) is 5.89 Å². The highest BCUT2D eigenvalue weighted by molar-refractivity contribution is 5.93. The Morgan fingerprint density at radius 2 is 1.91 bits per heavy atom. The van der Waals surface area contributed by atoms with Gasteiger partial charge < -0.3 is 18.6 Å². The van der Waals surface area contributed by atoms with E-state index >= 15 is 0 Å². The number of imidazole rings is 1. The topological polar surface area (TPSA) is 56.3 Å². The van der Waals surface area contributed by atoms with Crippen LogP contribution in [0.3, 0.4) is 0 Å². The maximum Gasteiger partial charge on any atom is 0.416 e. The molecule has 32 heavy (non-hydrogen) atoms. The summed E-state index contributed by atoms with van der Waals surface area (Å²) in [4.78, 5) is 11.1. The summed E-state index contributed by atoms with van der Waals surface area (Å²) in [6.45, 7) is 4.54. The molecule has 2 aromatic carbocycles. The standard InChI is InChI=1S/C23H21F3N4O2/c1-15-16(3-2-4-19(15)23(24,25)26)13-30-14-28-21-18(22-27-5-8-32-22)11-17(12-20(21)30)29-6-9-31-10-7-29/h2-5,8,11-12,14H,6-7,9-10,13H2,1H3. The van der Waals surface area contributed by atoms with E-state index in [0.29, 0.717) is 30.2 Å². The summed E-state index contributed by atoms with van der Waals surface area (Å²) in [5, 5.41) is 0. The second-order valence-corrected chi connectivity index (χ2v) is 7.76. The fourth-order valence-electron chi connectivity index (χ4n) is 4.14. The van der Waals surface area contributed by atoms with Gasteiger partial charge in [-0.05, 0) is 36.2 Å². The molecule has 166 valence electrons. The maximum atomic E-state index is 13.4. The van der Waals surface area contributed by atoms with Crippen molar-refractivity contribution >= 4 is 16.7 Å². The van der Waals surface area contributed by atoms with Gasteiger partial charge in [0.05, 0.1) is 42.4 Å². The fraction of sp³-hybridized carbons (Fsp3) is 0.304. The van der Waals surface area contributed by atoms with Crippen LogP contribution in [0, 0.1) is 6.92 Å². The zero-order valence-corrected chi connectivity index (χ0v) is 17.4. The smallest absolute Gasteiger partial charge is 0.416 e. The van der Waals surface area contributed by atoms with Crippen LogP contribution in [0.25, 0.3) is 22.5 Å². The van der Waals surface area contributed by atoms with Crippen molar-refractivity contribution in [2.75, 3.05) is 31.2 Å². The number of oxazole rings is 1. The number of ether oxygens (including phenoxy) is 1. The lowest BCUT2D eigenvalue weighted by Gasteiger charge is -2.29. The molecule has 9 heteroatoms. The number of rotatable bonds is 4. The molecule has 0 bridgehead atoms. The zero-order chi connectivity index (χ0) is 22.3. The monoisotopic (exact) mass is 442 g/mol. The second kappa shape index (κ2) is 7.98. The van der Waals surface area contributed by atoms with Crippen LogP contribution in [0.2, 0.25) is 0 Å². The SMILES string of the molecule is Cc1c(Cn2cnc3c(-c4ncco4)cc(N4CCOCC4)cc32)cccc1C(F)(F)F. The van der Waals surface area contributed by atoms with E-state index in [2.05, 4.69) is 14.9 Å². The van der Waals surface area contributed by atoms with Gasteiger partial charge in [0.15, 0.2) is 0 Å². The first-order valence-electron chi connectivity index (χ1n) is 10.3. The lowest BCUT2D eigenvalue weighted by atomic mass is 10.0. The van der Waals surface area contributed by atoms with Gasteiger partial charge in [-0.25, -0.2) is 9.97 Å². The lowest BCUT2D eigenvalue weighted by molar-refractivity contribution is -0.138. The van der Waals surface area contributed by atoms with Crippen LogP contribution >= 0.6 is 0 Å². The molecule has 0 unspecified atom stereocenters. The summed E-state index contributed by atoms with van der Waals surface area (Å²) < 4.78 is 53.0. The molecular weight excluding hydrogens is 421 g/mol. The van der Waals surface area contributed by atoms with Gasteiger partial charge in [-0.2, -0.15) is 13.2 Å². The molecule has 0 spiro atoms. The molecule has 0 aliphatic carbocycles. The van der Waals surface area contributed by atoms with Crippen molar-refractivity contribution in [1.82, 2.24) is 14.5 Å². The Hall–Kier alpha value is -3.33. The van der Waals surface area contributed by atoms with Crippen LogP contribution in [-0.4, -0.2) is 40.8 Å². The molecule has 0 amide bonds. The molecule has 4 aromatic rings. The predicted octanol–water partition coefficient (Wildman–Crippen LogP) is 4.90. The summed E-state index contributed by atoms with van der Waals surface area (Å²) in [5.74, 6) is 0.450. The van der Waals surface area contributed by atoms with E-state index < -0.39 is 11.7 Å². The van der Waals surface area contributed by atoms with Gasteiger partial charge in [-0.15, -0.1) is 0 Å². The first kappa shape index (κ1) is 20.6. The summed E-state index contributed by atoms with van der Waals surface area (Å²) >= 11 is 0. The van der Waals surface area contributed by atoms with Gasteiger partial charge in [0, 0.05) is 25.3 Å². The van der Waals surface area contributed by atoms with Crippen molar-refractivity contribution in [3.8, 4) is 11.5 Å². The third-order valence-corrected chi connectivity index (χ3v) is 5.84. The number of hydrogen-bond donors (Lipinski definition) is 0. The third kappa shape index (κ3) is 3.73. The number of alkyl halides is 3. The average Bonchev–Trinajstić information content (AvgIpc) is 3.45. The summed E-state index contributed by atoms with van der Waals surface area (Å²) in [5.41, 5.74) is 3.40. The van der Waals surface area contributed by atoms with Crippen LogP contribution in [0.1, 0.15) is 16.7 Å². The summed E-state index contributed by atoms with van der Waals surface area (Å²) in [7, 11) is 0. The largest absolute Gasteiger partial charge is 0.444 e. The van der Waals surface area contributed by atoms with Crippen LogP contribution in [0.5, 0.6) is 0 Å². The third-order valence-electron chi connectivity index (χ3n) is 5.84. The van der Waals surface area contributed by atoms with Crippen molar-refractivity contribution in [1.29, 1.82) is 0 Å². The fourth-order valence-corrected chi connectivity index (χ4v) is 4.14. The molecule has 1 saturated heterocycles. The summed E-state index contributed by atoms with van der Waals surface area (Å²) in [6, 6.07) is 8.29. The van der Waals surface area contributed by atoms with Gasteiger partial charge in [-0.3, -0.25) is 0 Å². The number of morpholine rings is 1. The zero-order valence-electron chi connectivity index (χ0n) is 17.4. The van der Waals surface area contributed by atoms with E-state index in [1.165, 1.54) is 19.3 Å². The highest BCUT2D eigenvalue weighted by atomic mass is 19.4. The Bertz CT molecular complexity index is 1240. The van der Waals surface area contributed by atoms with Crippen molar-refractivity contribution in [3.63, 3.8) is 0 Å². The van der Waals surface area contributed by atoms with Crippen LogP contribution in [0.4, 0.5) is 18.9 Å². The number of anilines is 1. The van der Waals surface area contributed by atoms with E-state index in [-0.39, 0.29) is 12.1 Å². The molecule has 0 atom stereocenters. The average molecular weight is 442 g/mol. The van der Waals surface area contributed by atoms with Gasteiger partial charge in [-0.1, -0.05) is 12.1 Å². The Morgan fingerprint density at radius 3 is 2.62 bits per heavy atom. The maximum absolute atomic E-state index is 13.4. The molecular formula is C23H21F3N4O2. The number of aromatic nitrogens is 3. The van der Waals surface area contributed by atoms with Crippen molar-refractivity contribution in [3.05, 3.63) is 65.8 Å². The minimum Gasteiger partial charge on any atom is -0.444 e. The molecule has 6 nitrogen and oxygen atoms in total. The number of hydrogen-bond acceptors (Lipinski definition) is 5. The molecule has 1 aliphatic rings. The van der Waals surface area contributed by atoms with Crippen LogP contribution < -0.4 is 4.90 Å². The van der Waals surface area contributed by atoms with Crippen molar-refractivity contribution < 1.29 is 22.3 Å². The van der Waals surface area contributed by atoms with Crippen molar-refractivity contribution in [2.45, 2.75) is 19.6 Å². The lowest BCUT2D eigenvalue weighted by Crippen LogP contribution is -2.36. The van der Waals surface area contributed by atoms with Crippen molar-refractivity contribution in [2.24, 2.45) is 0 Å². The van der Waals surface area contributed by atoms with E-state index in [4.69, 9.17) is 9.15 Å². The Kier molecular flexibility index (Phi) is 5.13. The number of fused-ring (bicyclic) bond motifs is 1. The molecule has 3 heterocycles. The van der Waals surface area contributed by atoms with Gasteiger partial charge in [0.1, 0.15) is 11.8 Å². The molecule has 2 aromatic heterocycles. The van der Waals surface area contributed by atoms with Gasteiger partial charge in [0.25, 0.3) is 0 Å². The van der Waals surface area contributed by atoms with Crippen LogP contribution in [0.15, 0.2) is 53.5 Å². The molecule has 0 N–H and O–H groups in total. The van der Waals surface area contributed by atoms with E-state index in [0.717, 1.165) is 35.9 Å². The van der Waals surface area contributed by atoms with Gasteiger partial charge >= 0.3 is 6.18 Å². The summed E-state index contributed by atoms with van der Waals surface area (Å²) in [6.07, 6.45) is 0.343. The quantitative estimate of drug-likeness (QED) is 0.450. The van der Waals surface area contributed by atoms with E-state index in [9.17, 15) is 13.2 Å². The van der Waals surface area contributed by atoms with E-state index in [1.54, 1.807) is 18.6 Å². The first-order chi connectivity index (χ1) is 15.4. The minimum absolute atomic E-state index is 0.221. The predicted molar refractivity (Wildman–Crippen MR) is 114 cm³/mol.